The SMILES string of the molecule is CO/N=C(/C(=O)OC)c1cccc(C)c1CO/N=C1\CCc2ccccc2C1. The fourth-order valence-corrected chi connectivity index (χ4v) is 3.33. The van der Waals surface area contributed by atoms with Gasteiger partial charge in [-0.1, -0.05) is 52.8 Å². The van der Waals surface area contributed by atoms with Crippen LogP contribution in [-0.4, -0.2) is 31.6 Å². The van der Waals surface area contributed by atoms with E-state index in [1.165, 1.54) is 25.3 Å². The molecule has 1 aliphatic carbocycles. The summed E-state index contributed by atoms with van der Waals surface area (Å²) in [6.45, 7) is 2.18. The highest BCUT2D eigenvalue weighted by atomic mass is 16.6. The van der Waals surface area contributed by atoms with Gasteiger partial charge in [-0.15, -0.1) is 0 Å². The lowest BCUT2D eigenvalue weighted by molar-refractivity contribution is -0.132. The zero-order valence-corrected chi connectivity index (χ0v) is 16.4. The predicted octanol–water partition coefficient (Wildman–Crippen LogP) is 3.58. The number of benzene rings is 2. The van der Waals surface area contributed by atoms with Crippen LogP contribution >= 0.6 is 0 Å². The van der Waals surface area contributed by atoms with E-state index in [1.54, 1.807) is 6.07 Å². The third-order valence-corrected chi connectivity index (χ3v) is 4.83. The average molecular weight is 380 g/mol. The minimum absolute atomic E-state index is 0.103. The summed E-state index contributed by atoms with van der Waals surface area (Å²) in [5.74, 6) is -0.566. The Bertz CT molecular complexity index is 919. The van der Waals surface area contributed by atoms with Crippen molar-refractivity contribution in [1.82, 2.24) is 0 Å². The van der Waals surface area contributed by atoms with Gasteiger partial charge in [0, 0.05) is 17.5 Å². The lowest BCUT2D eigenvalue weighted by Gasteiger charge is -2.17. The van der Waals surface area contributed by atoms with Crippen molar-refractivity contribution in [2.75, 3.05) is 14.2 Å². The quantitative estimate of drug-likeness (QED) is 0.436. The largest absolute Gasteiger partial charge is 0.464 e. The van der Waals surface area contributed by atoms with Crippen molar-refractivity contribution in [1.29, 1.82) is 0 Å². The van der Waals surface area contributed by atoms with E-state index >= 15 is 0 Å². The molecule has 0 bridgehead atoms. The maximum absolute atomic E-state index is 12.1. The Kier molecular flexibility index (Phi) is 6.42. The van der Waals surface area contributed by atoms with E-state index < -0.39 is 5.97 Å². The van der Waals surface area contributed by atoms with Gasteiger partial charge >= 0.3 is 5.97 Å². The summed E-state index contributed by atoms with van der Waals surface area (Å²) in [6.07, 6.45) is 2.66. The van der Waals surface area contributed by atoms with Crippen molar-refractivity contribution in [2.45, 2.75) is 32.8 Å². The number of carbonyl (C=O) groups excluding carboxylic acids is 1. The van der Waals surface area contributed by atoms with Gasteiger partial charge in [-0.25, -0.2) is 4.79 Å². The molecule has 6 heteroatoms. The molecule has 0 spiro atoms. The van der Waals surface area contributed by atoms with Gasteiger partial charge in [-0.3, -0.25) is 0 Å². The molecule has 0 heterocycles. The second kappa shape index (κ2) is 9.17. The van der Waals surface area contributed by atoms with Crippen LogP contribution in [0.2, 0.25) is 0 Å². The van der Waals surface area contributed by atoms with Crippen molar-refractivity contribution < 1.29 is 19.2 Å². The zero-order chi connectivity index (χ0) is 19.9. The number of esters is 1. The maximum Gasteiger partial charge on any atom is 0.360 e. The van der Waals surface area contributed by atoms with Crippen LogP contribution < -0.4 is 0 Å². The first-order valence-electron chi connectivity index (χ1n) is 9.16. The standard InChI is InChI=1S/C22H24N2O4/c1-15-7-6-10-19(21(24-27-3)22(25)26-2)20(15)14-28-23-18-12-11-16-8-4-5-9-17(16)13-18/h4-10H,11-14H2,1-3H3/b23-18+,24-21+. The molecule has 0 atom stereocenters. The number of hydrogen-bond acceptors (Lipinski definition) is 6. The molecule has 6 nitrogen and oxygen atoms in total. The smallest absolute Gasteiger partial charge is 0.360 e. The Morgan fingerprint density at radius 1 is 1.04 bits per heavy atom. The molecule has 0 fully saturated rings. The van der Waals surface area contributed by atoms with Crippen molar-refractivity contribution in [3.63, 3.8) is 0 Å². The lowest BCUT2D eigenvalue weighted by Crippen LogP contribution is -2.20. The van der Waals surface area contributed by atoms with Crippen LogP contribution in [0.1, 0.15) is 34.2 Å². The van der Waals surface area contributed by atoms with Gasteiger partial charge in [0.1, 0.15) is 13.7 Å². The predicted molar refractivity (Wildman–Crippen MR) is 107 cm³/mol. The number of hydrogen-bond donors (Lipinski definition) is 0. The zero-order valence-electron chi connectivity index (χ0n) is 16.4. The molecule has 0 radical (unpaired) electrons. The molecule has 0 saturated heterocycles. The maximum atomic E-state index is 12.1. The van der Waals surface area contributed by atoms with E-state index in [9.17, 15) is 4.79 Å². The normalized spacial score (nSPS) is 15.1. The van der Waals surface area contributed by atoms with Gasteiger partial charge in [0.15, 0.2) is 5.71 Å². The Balaban J connectivity index is 1.78. The van der Waals surface area contributed by atoms with Crippen LogP contribution in [0.3, 0.4) is 0 Å². The molecule has 0 amide bonds. The van der Waals surface area contributed by atoms with Crippen LogP contribution in [0, 0.1) is 6.92 Å². The van der Waals surface area contributed by atoms with Crippen LogP contribution in [-0.2, 0) is 38.7 Å². The third kappa shape index (κ3) is 4.39. The summed E-state index contributed by atoms with van der Waals surface area (Å²) < 4.78 is 4.83. The van der Waals surface area contributed by atoms with E-state index in [4.69, 9.17) is 14.4 Å². The summed E-state index contributed by atoms with van der Waals surface area (Å²) in [7, 11) is 2.70. The minimum atomic E-state index is -0.566. The van der Waals surface area contributed by atoms with E-state index in [1.807, 2.05) is 25.1 Å². The number of rotatable bonds is 6. The molecule has 28 heavy (non-hydrogen) atoms. The van der Waals surface area contributed by atoms with Crippen LogP contribution in [0.5, 0.6) is 0 Å². The van der Waals surface area contributed by atoms with E-state index in [0.717, 1.165) is 36.1 Å². The molecule has 2 aromatic rings. The van der Waals surface area contributed by atoms with Crippen LogP contribution in [0.25, 0.3) is 0 Å². The van der Waals surface area contributed by atoms with Gasteiger partial charge < -0.3 is 14.4 Å². The molecule has 146 valence electrons. The molecule has 0 unspecified atom stereocenters. The Morgan fingerprint density at radius 3 is 2.57 bits per heavy atom. The van der Waals surface area contributed by atoms with Crippen molar-refractivity contribution >= 4 is 17.4 Å². The number of oxime groups is 2. The molecular formula is C22H24N2O4. The fourth-order valence-electron chi connectivity index (χ4n) is 3.33. The first-order valence-corrected chi connectivity index (χ1v) is 9.16. The van der Waals surface area contributed by atoms with Crippen molar-refractivity contribution in [3.05, 3.63) is 70.3 Å². The molecule has 0 aliphatic heterocycles. The number of ether oxygens (including phenoxy) is 1. The van der Waals surface area contributed by atoms with Gasteiger partial charge in [-0.05, 0) is 36.5 Å². The van der Waals surface area contributed by atoms with Gasteiger partial charge in [-0.2, -0.15) is 0 Å². The van der Waals surface area contributed by atoms with Gasteiger partial charge in [0.05, 0.1) is 12.8 Å². The highest BCUT2D eigenvalue weighted by molar-refractivity contribution is 6.43. The summed E-state index contributed by atoms with van der Waals surface area (Å²) in [6, 6.07) is 14.0. The fraction of sp³-hybridized carbons (Fsp3) is 0.318. The Morgan fingerprint density at radius 2 is 1.82 bits per heavy atom. The van der Waals surface area contributed by atoms with Crippen molar-refractivity contribution in [3.8, 4) is 0 Å². The first kappa shape index (κ1) is 19.6. The summed E-state index contributed by atoms with van der Waals surface area (Å²) in [4.78, 5) is 22.6. The highest BCUT2D eigenvalue weighted by Crippen LogP contribution is 2.21. The monoisotopic (exact) mass is 380 g/mol. The molecule has 2 aromatic carbocycles. The molecular weight excluding hydrogens is 356 g/mol. The van der Waals surface area contributed by atoms with E-state index in [-0.39, 0.29) is 12.3 Å². The average Bonchev–Trinajstić information content (AvgIpc) is 2.72. The van der Waals surface area contributed by atoms with Crippen LogP contribution in [0.15, 0.2) is 52.8 Å². The van der Waals surface area contributed by atoms with Crippen molar-refractivity contribution in [2.24, 2.45) is 10.3 Å². The highest BCUT2D eigenvalue weighted by Gasteiger charge is 2.21. The number of aryl methyl sites for hydroxylation is 2. The number of nitrogens with zero attached hydrogens (tertiary/aromatic N) is 2. The third-order valence-electron chi connectivity index (χ3n) is 4.83. The second-order valence-electron chi connectivity index (χ2n) is 6.59. The van der Waals surface area contributed by atoms with E-state index in [0.29, 0.717) is 5.56 Å². The molecule has 1 aliphatic rings. The first-order chi connectivity index (χ1) is 13.6. The Hall–Kier alpha value is -3.15. The van der Waals surface area contributed by atoms with Gasteiger partial charge in [0.25, 0.3) is 0 Å². The number of methoxy groups -OCH3 is 1. The molecule has 0 saturated carbocycles. The summed E-state index contributed by atoms with van der Waals surface area (Å²) >= 11 is 0. The topological polar surface area (TPSA) is 69.5 Å². The molecule has 0 aromatic heterocycles. The molecule has 3 rings (SSSR count). The Labute approximate surface area is 164 Å². The van der Waals surface area contributed by atoms with E-state index in [2.05, 4.69) is 28.5 Å². The van der Waals surface area contributed by atoms with Crippen LogP contribution in [0.4, 0.5) is 0 Å². The number of carbonyl (C=O) groups is 1. The summed E-state index contributed by atoms with van der Waals surface area (Å²) in [5, 5.41) is 8.20. The number of fused-ring (bicyclic) bond motifs is 1. The second-order valence-corrected chi connectivity index (χ2v) is 6.59. The lowest BCUT2D eigenvalue weighted by atomic mass is 9.91. The molecule has 0 N–H and O–H groups in total. The van der Waals surface area contributed by atoms with Gasteiger partial charge in [0.2, 0.25) is 0 Å². The summed E-state index contributed by atoms with van der Waals surface area (Å²) in [5.41, 5.74) is 6.21. The minimum Gasteiger partial charge on any atom is -0.464 e.